The van der Waals surface area contributed by atoms with Gasteiger partial charge in [-0.05, 0) is 12.8 Å². The number of carbonyl (C=O) groups excluding carboxylic acids is 1. The highest BCUT2D eigenvalue weighted by atomic mass is 16.5. The maximum absolute atomic E-state index is 12.1. The maximum Gasteiger partial charge on any atom is 0.227 e. The zero-order chi connectivity index (χ0) is 12.5. The van der Waals surface area contributed by atoms with E-state index < -0.39 is 0 Å². The van der Waals surface area contributed by atoms with Crippen molar-refractivity contribution in [3.8, 4) is 0 Å². The summed E-state index contributed by atoms with van der Waals surface area (Å²) in [5.41, 5.74) is -0.248. The zero-order valence-electron chi connectivity index (χ0n) is 11.2. The lowest BCUT2D eigenvalue weighted by molar-refractivity contribution is -0.140. The molecular weight excluding hydrogens is 216 g/mol. The van der Waals surface area contributed by atoms with Crippen LogP contribution >= 0.6 is 0 Å². The Labute approximate surface area is 104 Å². The highest BCUT2D eigenvalue weighted by Crippen LogP contribution is 2.21. The van der Waals surface area contributed by atoms with Crippen LogP contribution in [-0.4, -0.2) is 49.2 Å². The maximum atomic E-state index is 12.1. The third-order valence-corrected chi connectivity index (χ3v) is 3.53. The molecule has 0 spiro atoms. The first-order valence-electron chi connectivity index (χ1n) is 6.60. The van der Waals surface area contributed by atoms with Gasteiger partial charge < -0.3 is 15.0 Å². The molecule has 4 nitrogen and oxygen atoms in total. The predicted octanol–water partition coefficient (Wildman–Crippen LogP) is 1.01. The van der Waals surface area contributed by atoms with E-state index >= 15 is 0 Å². The first-order valence-corrected chi connectivity index (χ1v) is 6.60. The summed E-state index contributed by atoms with van der Waals surface area (Å²) in [6, 6.07) is 1.11. The van der Waals surface area contributed by atoms with Crippen LogP contribution in [-0.2, 0) is 9.53 Å². The highest BCUT2D eigenvalue weighted by molar-refractivity contribution is 5.81. The van der Waals surface area contributed by atoms with E-state index in [0.29, 0.717) is 12.1 Å². The Morgan fingerprint density at radius 3 is 2.18 bits per heavy atom. The molecule has 2 aliphatic rings. The number of amides is 1. The van der Waals surface area contributed by atoms with E-state index in [-0.39, 0.29) is 11.3 Å². The van der Waals surface area contributed by atoms with Crippen LogP contribution in [0.4, 0.5) is 0 Å². The lowest BCUT2D eigenvalue weighted by Gasteiger charge is -2.38. The van der Waals surface area contributed by atoms with Crippen molar-refractivity contribution in [1.82, 2.24) is 10.2 Å². The average molecular weight is 240 g/mol. The van der Waals surface area contributed by atoms with Gasteiger partial charge in [0.15, 0.2) is 0 Å². The summed E-state index contributed by atoms with van der Waals surface area (Å²) in [6.07, 6.45) is 2.14. The van der Waals surface area contributed by atoms with Crippen molar-refractivity contribution >= 4 is 5.91 Å². The van der Waals surface area contributed by atoms with Gasteiger partial charge in [0.2, 0.25) is 5.91 Å². The minimum absolute atomic E-state index is 0.248. The Morgan fingerprint density at radius 2 is 1.76 bits per heavy atom. The van der Waals surface area contributed by atoms with E-state index in [1.165, 1.54) is 0 Å². The Hall–Kier alpha value is -0.610. The average Bonchev–Trinajstić information content (AvgIpc) is 2.22. The van der Waals surface area contributed by atoms with Crippen molar-refractivity contribution in [2.45, 2.75) is 45.7 Å². The fourth-order valence-electron chi connectivity index (χ4n) is 2.39. The SMILES string of the molecule is CC(C)(C)C(=O)N1CCC(NC2COC2)CC1. The number of piperidine rings is 1. The van der Waals surface area contributed by atoms with E-state index in [9.17, 15) is 4.79 Å². The van der Waals surface area contributed by atoms with Crippen molar-refractivity contribution in [2.75, 3.05) is 26.3 Å². The number of likely N-dealkylation sites (tertiary alicyclic amines) is 1. The van der Waals surface area contributed by atoms with Gasteiger partial charge in [0.05, 0.1) is 19.3 Å². The van der Waals surface area contributed by atoms with Crippen LogP contribution in [0.2, 0.25) is 0 Å². The third-order valence-electron chi connectivity index (χ3n) is 3.53. The first kappa shape index (κ1) is 12.8. The molecule has 0 aliphatic carbocycles. The molecule has 2 saturated heterocycles. The van der Waals surface area contributed by atoms with Gasteiger partial charge in [-0.15, -0.1) is 0 Å². The molecule has 1 N–H and O–H groups in total. The summed E-state index contributed by atoms with van der Waals surface area (Å²) < 4.78 is 5.15. The van der Waals surface area contributed by atoms with Crippen LogP contribution in [0.5, 0.6) is 0 Å². The summed E-state index contributed by atoms with van der Waals surface area (Å²) in [6.45, 7) is 9.45. The van der Waals surface area contributed by atoms with Gasteiger partial charge in [-0.2, -0.15) is 0 Å². The highest BCUT2D eigenvalue weighted by Gasteiger charge is 2.31. The van der Waals surface area contributed by atoms with Crippen molar-refractivity contribution in [3.05, 3.63) is 0 Å². The van der Waals surface area contributed by atoms with Gasteiger partial charge in [-0.3, -0.25) is 4.79 Å². The monoisotopic (exact) mass is 240 g/mol. The smallest absolute Gasteiger partial charge is 0.227 e. The lowest BCUT2D eigenvalue weighted by atomic mass is 9.93. The number of nitrogens with zero attached hydrogens (tertiary/aromatic N) is 1. The van der Waals surface area contributed by atoms with Crippen LogP contribution in [0.1, 0.15) is 33.6 Å². The van der Waals surface area contributed by atoms with Crippen LogP contribution in [0, 0.1) is 5.41 Å². The molecule has 4 heteroatoms. The number of nitrogens with one attached hydrogen (secondary N) is 1. The van der Waals surface area contributed by atoms with Crippen LogP contribution in [0.25, 0.3) is 0 Å². The summed E-state index contributed by atoms with van der Waals surface area (Å²) in [4.78, 5) is 14.1. The summed E-state index contributed by atoms with van der Waals surface area (Å²) >= 11 is 0. The largest absolute Gasteiger partial charge is 0.378 e. The van der Waals surface area contributed by atoms with E-state index in [0.717, 1.165) is 39.1 Å². The molecule has 2 aliphatic heterocycles. The quantitative estimate of drug-likeness (QED) is 0.783. The van der Waals surface area contributed by atoms with E-state index in [1.807, 2.05) is 25.7 Å². The molecule has 0 radical (unpaired) electrons. The van der Waals surface area contributed by atoms with Crippen LogP contribution < -0.4 is 5.32 Å². The molecule has 0 aromatic heterocycles. The minimum atomic E-state index is -0.248. The van der Waals surface area contributed by atoms with E-state index in [1.54, 1.807) is 0 Å². The van der Waals surface area contributed by atoms with Crippen molar-refractivity contribution in [2.24, 2.45) is 5.41 Å². The van der Waals surface area contributed by atoms with Gasteiger partial charge in [0.25, 0.3) is 0 Å². The number of rotatable bonds is 2. The second kappa shape index (κ2) is 4.94. The topological polar surface area (TPSA) is 41.6 Å². The molecule has 2 fully saturated rings. The van der Waals surface area contributed by atoms with Crippen molar-refractivity contribution in [1.29, 1.82) is 0 Å². The molecule has 0 unspecified atom stereocenters. The molecule has 0 atom stereocenters. The Balaban J connectivity index is 1.75. The number of hydrogen-bond donors (Lipinski definition) is 1. The molecule has 98 valence electrons. The lowest BCUT2D eigenvalue weighted by Crippen LogP contribution is -2.54. The second-order valence-corrected chi connectivity index (χ2v) is 6.22. The summed E-state index contributed by atoms with van der Waals surface area (Å²) in [5.74, 6) is 0.280. The van der Waals surface area contributed by atoms with Crippen molar-refractivity contribution in [3.63, 3.8) is 0 Å². The van der Waals surface area contributed by atoms with Gasteiger partial charge in [-0.1, -0.05) is 20.8 Å². The third kappa shape index (κ3) is 3.19. The molecule has 0 saturated carbocycles. The molecule has 0 bridgehead atoms. The zero-order valence-corrected chi connectivity index (χ0v) is 11.2. The van der Waals surface area contributed by atoms with Crippen molar-refractivity contribution < 1.29 is 9.53 Å². The van der Waals surface area contributed by atoms with Gasteiger partial charge in [0.1, 0.15) is 0 Å². The molecule has 2 heterocycles. The fraction of sp³-hybridized carbons (Fsp3) is 0.923. The minimum Gasteiger partial charge on any atom is -0.378 e. The number of carbonyl (C=O) groups is 1. The molecule has 0 aromatic rings. The molecular formula is C13H24N2O2. The van der Waals surface area contributed by atoms with Gasteiger partial charge >= 0.3 is 0 Å². The second-order valence-electron chi connectivity index (χ2n) is 6.22. The first-order chi connectivity index (χ1) is 7.97. The van der Waals surface area contributed by atoms with E-state index in [4.69, 9.17) is 4.74 Å². The standard InChI is InChI=1S/C13H24N2O2/c1-13(2,3)12(16)15-6-4-10(5-7-15)14-11-8-17-9-11/h10-11,14H,4-9H2,1-3H3. The van der Waals surface area contributed by atoms with E-state index in [2.05, 4.69) is 5.32 Å². The Morgan fingerprint density at radius 1 is 1.18 bits per heavy atom. The molecule has 17 heavy (non-hydrogen) atoms. The summed E-state index contributed by atoms with van der Waals surface area (Å²) in [7, 11) is 0. The fourth-order valence-corrected chi connectivity index (χ4v) is 2.39. The number of ether oxygens (including phenoxy) is 1. The molecule has 0 aromatic carbocycles. The molecule has 2 rings (SSSR count). The van der Waals surface area contributed by atoms with Crippen LogP contribution in [0.3, 0.4) is 0 Å². The normalized spacial score (nSPS) is 23.6. The Kier molecular flexibility index (Phi) is 3.73. The number of hydrogen-bond acceptors (Lipinski definition) is 3. The summed E-state index contributed by atoms with van der Waals surface area (Å²) in [5, 5.41) is 3.59. The Bertz CT molecular complexity index is 274. The van der Waals surface area contributed by atoms with Gasteiger partial charge in [-0.25, -0.2) is 0 Å². The predicted molar refractivity (Wildman–Crippen MR) is 66.8 cm³/mol. The van der Waals surface area contributed by atoms with Crippen LogP contribution in [0.15, 0.2) is 0 Å². The van der Waals surface area contributed by atoms with Gasteiger partial charge in [0, 0.05) is 24.5 Å². The molecule has 1 amide bonds.